The van der Waals surface area contributed by atoms with E-state index in [2.05, 4.69) is 15.5 Å². The summed E-state index contributed by atoms with van der Waals surface area (Å²) in [6, 6.07) is 3.76. The van der Waals surface area contributed by atoms with Crippen molar-refractivity contribution in [3.8, 4) is 11.5 Å². The van der Waals surface area contributed by atoms with Gasteiger partial charge in [0.05, 0.1) is 24.1 Å². The topological polar surface area (TPSA) is 76.2 Å². The summed E-state index contributed by atoms with van der Waals surface area (Å²) in [5, 5.41) is 9.22. The fourth-order valence-corrected chi connectivity index (χ4v) is 2.38. The van der Waals surface area contributed by atoms with Crippen molar-refractivity contribution in [2.45, 2.75) is 26.4 Å². The number of hydrogen-bond acceptors (Lipinski definition) is 4. The van der Waals surface area contributed by atoms with E-state index in [9.17, 15) is 4.79 Å². The monoisotopic (exact) mass is 287 g/mol. The zero-order chi connectivity index (χ0) is 14.8. The molecule has 1 aliphatic heterocycles. The fourth-order valence-electron chi connectivity index (χ4n) is 2.38. The van der Waals surface area contributed by atoms with Crippen LogP contribution in [0.5, 0.6) is 11.5 Å². The molecule has 1 unspecified atom stereocenters. The van der Waals surface area contributed by atoms with Crippen LogP contribution in [0.4, 0.5) is 5.69 Å². The highest BCUT2D eigenvalue weighted by Gasteiger charge is 2.22. The Bertz CT molecular complexity index is 652. The lowest BCUT2D eigenvalue weighted by atomic mass is 10.1. The molecule has 110 valence electrons. The van der Waals surface area contributed by atoms with Gasteiger partial charge < -0.3 is 14.8 Å². The zero-order valence-electron chi connectivity index (χ0n) is 12.0. The number of anilines is 1. The first kappa shape index (κ1) is 13.5. The molecule has 6 nitrogen and oxygen atoms in total. The summed E-state index contributed by atoms with van der Waals surface area (Å²) in [5.41, 5.74) is 2.18. The van der Waals surface area contributed by atoms with Gasteiger partial charge in [-0.2, -0.15) is 5.10 Å². The molecule has 1 atom stereocenters. The number of nitrogens with zero attached hydrogens (tertiary/aromatic N) is 1. The summed E-state index contributed by atoms with van der Waals surface area (Å²) in [4.78, 5) is 12.1. The minimum absolute atomic E-state index is 0.148. The van der Waals surface area contributed by atoms with Crippen LogP contribution in [0, 0.1) is 0 Å². The number of ether oxygens (including phenoxy) is 2. The second kappa shape index (κ2) is 5.47. The normalized spacial score (nSPS) is 16.2. The molecule has 0 fully saturated rings. The Kier molecular flexibility index (Phi) is 3.51. The van der Waals surface area contributed by atoms with Gasteiger partial charge in [-0.25, -0.2) is 0 Å². The van der Waals surface area contributed by atoms with Gasteiger partial charge in [0, 0.05) is 24.2 Å². The van der Waals surface area contributed by atoms with E-state index in [1.807, 2.05) is 26.0 Å². The van der Waals surface area contributed by atoms with Crippen molar-refractivity contribution in [3.63, 3.8) is 0 Å². The van der Waals surface area contributed by atoms with E-state index in [1.165, 1.54) is 6.20 Å². The summed E-state index contributed by atoms with van der Waals surface area (Å²) >= 11 is 0. The second-order valence-corrected chi connectivity index (χ2v) is 4.96. The smallest absolute Gasteiger partial charge is 0.258 e. The van der Waals surface area contributed by atoms with Crippen LogP contribution in [0.2, 0.25) is 0 Å². The third-order valence-electron chi connectivity index (χ3n) is 3.31. The average molecular weight is 287 g/mol. The van der Waals surface area contributed by atoms with Crippen LogP contribution >= 0.6 is 0 Å². The Morgan fingerprint density at radius 2 is 2.43 bits per heavy atom. The van der Waals surface area contributed by atoms with Crippen molar-refractivity contribution in [1.29, 1.82) is 0 Å². The number of aromatic nitrogens is 2. The van der Waals surface area contributed by atoms with Gasteiger partial charge in [-0.1, -0.05) is 0 Å². The number of H-pyrrole nitrogens is 1. The van der Waals surface area contributed by atoms with Crippen LogP contribution in [0.25, 0.3) is 0 Å². The second-order valence-electron chi connectivity index (χ2n) is 4.96. The molecular weight excluding hydrogens is 270 g/mol. The molecule has 6 heteroatoms. The van der Waals surface area contributed by atoms with E-state index in [0.29, 0.717) is 23.6 Å². The van der Waals surface area contributed by atoms with E-state index in [0.717, 1.165) is 17.7 Å². The lowest BCUT2D eigenvalue weighted by molar-refractivity contribution is 0.102. The number of fused-ring (bicyclic) bond motifs is 1. The van der Waals surface area contributed by atoms with Gasteiger partial charge in [-0.05, 0) is 19.9 Å². The minimum atomic E-state index is -0.240. The van der Waals surface area contributed by atoms with Gasteiger partial charge in [0.1, 0.15) is 17.6 Å². The average Bonchev–Trinajstić information content (AvgIpc) is 3.07. The maximum atomic E-state index is 12.1. The highest BCUT2D eigenvalue weighted by molar-refractivity contribution is 6.04. The predicted molar refractivity (Wildman–Crippen MR) is 77.9 cm³/mol. The van der Waals surface area contributed by atoms with Gasteiger partial charge in [0.15, 0.2) is 0 Å². The fraction of sp³-hybridized carbons (Fsp3) is 0.333. The Balaban J connectivity index is 1.90. The molecule has 0 saturated carbocycles. The number of amides is 1. The molecule has 0 radical (unpaired) electrons. The van der Waals surface area contributed by atoms with Gasteiger partial charge in [0.2, 0.25) is 0 Å². The molecule has 21 heavy (non-hydrogen) atoms. The van der Waals surface area contributed by atoms with Crippen LogP contribution < -0.4 is 14.8 Å². The van der Waals surface area contributed by atoms with Gasteiger partial charge >= 0.3 is 0 Å². The van der Waals surface area contributed by atoms with Crippen LogP contribution in [-0.4, -0.2) is 28.8 Å². The van der Waals surface area contributed by atoms with Crippen molar-refractivity contribution in [3.05, 3.63) is 35.7 Å². The summed E-state index contributed by atoms with van der Waals surface area (Å²) in [6.07, 6.45) is 4.02. The molecular formula is C15H17N3O3. The van der Waals surface area contributed by atoms with Gasteiger partial charge in [-0.15, -0.1) is 0 Å². The molecule has 1 aliphatic rings. The molecule has 1 aromatic heterocycles. The summed E-state index contributed by atoms with van der Waals surface area (Å²) < 4.78 is 11.3. The van der Waals surface area contributed by atoms with Crippen molar-refractivity contribution < 1.29 is 14.3 Å². The Hall–Kier alpha value is -2.50. The number of rotatable bonds is 4. The van der Waals surface area contributed by atoms with Crippen molar-refractivity contribution in [2.75, 3.05) is 11.9 Å². The predicted octanol–water partition coefficient (Wildman–Crippen LogP) is 2.38. The highest BCUT2D eigenvalue weighted by atomic mass is 16.5. The maximum Gasteiger partial charge on any atom is 0.258 e. The van der Waals surface area contributed by atoms with E-state index in [-0.39, 0.29) is 12.0 Å². The molecule has 0 saturated heterocycles. The highest BCUT2D eigenvalue weighted by Crippen LogP contribution is 2.38. The largest absolute Gasteiger partial charge is 0.492 e. The molecule has 2 aromatic rings. The standard InChI is InChI=1S/C15H17N3O3/c1-3-20-14-5-10-4-9(2)21-13(10)6-12(14)18-15(19)11-7-16-17-8-11/h5-9H,3-4H2,1-2H3,(H,16,17)(H,18,19). The van der Waals surface area contributed by atoms with E-state index < -0.39 is 0 Å². The molecule has 3 rings (SSSR count). The van der Waals surface area contributed by atoms with Crippen LogP contribution in [-0.2, 0) is 6.42 Å². The van der Waals surface area contributed by atoms with E-state index in [4.69, 9.17) is 9.47 Å². The Morgan fingerprint density at radius 1 is 1.57 bits per heavy atom. The Labute approximate surface area is 122 Å². The number of benzene rings is 1. The molecule has 1 aromatic carbocycles. The first-order valence-corrected chi connectivity index (χ1v) is 6.94. The first-order valence-electron chi connectivity index (χ1n) is 6.94. The quantitative estimate of drug-likeness (QED) is 0.905. The van der Waals surface area contributed by atoms with Gasteiger partial charge in [0.25, 0.3) is 5.91 Å². The lowest BCUT2D eigenvalue weighted by Crippen LogP contribution is -2.12. The number of nitrogens with one attached hydrogen (secondary N) is 2. The van der Waals surface area contributed by atoms with Crippen LogP contribution in [0.15, 0.2) is 24.5 Å². The zero-order valence-corrected chi connectivity index (χ0v) is 12.0. The maximum absolute atomic E-state index is 12.1. The van der Waals surface area contributed by atoms with Crippen LogP contribution in [0.1, 0.15) is 29.8 Å². The van der Waals surface area contributed by atoms with E-state index >= 15 is 0 Å². The Morgan fingerprint density at radius 3 is 3.14 bits per heavy atom. The molecule has 1 amide bonds. The first-order chi connectivity index (χ1) is 10.2. The van der Waals surface area contributed by atoms with Gasteiger partial charge in [-0.3, -0.25) is 9.89 Å². The molecule has 2 N–H and O–H groups in total. The minimum Gasteiger partial charge on any atom is -0.492 e. The number of carbonyl (C=O) groups is 1. The lowest BCUT2D eigenvalue weighted by Gasteiger charge is -2.13. The summed E-state index contributed by atoms with van der Waals surface area (Å²) in [6.45, 7) is 4.46. The SMILES string of the molecule is CCOc1cc2c(cc1NC(=O)c1cn[nH]c1)OC(C)C2. The van der Waals surface area contributed by atoms with Crippen molar-refractivity contribution in [2.24, 2.45) is 0 Å². The van der Waals surface area contributed by atoms with Crippen molar-refractivity contribution >= 4 is 11.6 Å². The third kappa shape index (κ3) is 2.69. The molecule has 0 bridgehead atoms. The number of hydrogen-bond donors (Lipinski definition) is 2. The molecule has 0 aliphatic carbocycles. The van der Waals surface area contributed by atoms with Crippen molar-refractivity contribution in [1.82, 2.24) is 10.2 Å². The summed E-state index contributed by atoms with van der Waals surface area (Å²) in [5.74, 6) is 1.22. The number of carbonyl (C=O) groups excluding carboxylic acids is 1. The summed E-state index contributed by atoms with van der Waals surface area (Å²) in [7, 11) is 0. The molecule has 0 spiro atoms. The molecule has 2 heterocycles. The number of aromatic amines is 1. The van der Waals surface area contributed by atoms with E-state index in [1.54, 1.807) is 6.20 Å². The van der Waals surface area contributed by atoms with Crippen LogP contribution in [0.3, 0.4) is 0 Å². The third-order valence-corrected chi connectivity index (χ3v) is 3.31.